The normalized spacial score (nSPS) is 38.2. The van der Waals surface area contributed by atoms with Gasteiger partial charge in [-0.2, -0.15) is 0 Å². The van der Waals surface area contributed by atoms with Crippen LogP contribution in [0.4, 0.5) is 0 Å². The molecule has 0 unspecified atom stereocenters. The van der Waals surface area contributed by atoms with Crippen LogP contribution in [0.3, 0.4) is 0 Å². The highest BCUT2D eigenvalue weighted by Gasteiger charge is 2.42. The highest BCUT2D eigenvalue weighted by Crippen LogP contribution is 2.19. The van der Waals surface area contributed by atoms with Crippen LogP contribution in [0.15, 0.2) is 0 Å². The quantitative estimate of drug-likeness (QED) is 0.272. The zero-order valence-electron chi connectivity index (χ0n) is 9.94. The van der Waals surface area contributed by atoms with Gasteiger partial charge in [0.1, 0.15) is 18.3 Å². The minimum absolute atomic E-state index is 0.103. The summed E-state index contributed by atoms with van der Waals surface area (Å²) in [6.07, 6.45) is -5.03. The van der Waals surface area contributed by atoms with Gasteiger partial charge in [0.05, 0.1) is 12.1 Å². The molecule has 0 heterocycles. The molecule has 1 rings (SSSR count). The summed E-state index contributed by atoms with van der Waals surface area (Å²) in [7, 11) is 0. The van der Waals surface area contributed by atoms with Gasteiger partial charge in [-0.1, -0.05) is 0 Å². The van der Waals surface area contributed by atoms with Gasteiger partial charge >= 0.3 is 0 Å². The van der Waals surface area contributed by atoms with Gasteiger partial charge in [-0.15, -0.1) is 0 Å². The van der Waals surface area contributed by atoms with Gasteiger partial charge in [0.25, 0.3) is 0 Å². The summed E-state index contributed by atoms with van der Waals surface area (Å²) in [5.41, 5.74) is 10.8. The number of rotatable bonds is 4. The van der Waals surface area contributed by atoms with Crippen LogP contribution in [0.2, 0.25) is 0 Å². The lowest BCUT2D eigenvalue weighted by atomic mass is 9.84. The minimum Gasteiger partial charge on any atom is -0.389 e. The lowest BCUT2D eigenvalue weighted by molar-refractivity contribution is -0.137. The molecule has 0 aromatic rings. The van der Waals surface area contributed by atoms with Crippen molar-refractivity contribution in [3.8, 4) is 0 Å². The Morgan fingerprint density at radius 3 is 2.44 bits per heavy atom. The molecule has 0 aromatic carbocycles. The van der Waals surface area contributed by atoms with E-state index in [-0.39, 0.29) is 19.4 Å². The van der Waals surface area contributed by atoms with Crippen LogP contribution in [-0.4, -0.2) is 69.4 Å². The van der Waals surface area contributed by atoms with Crippen molar-refractivity contribution < 1.29 is 25.2 Å². The van der Waals surface area contributed by atoms with E-state index < -0.39 is 42.4 Å². The predicted octanol–water partition coefficient (Wildman–Crippen LogP) is -4.01. The maximum absolute atomic E-state index is 11.5. The van der Waals surface area contributed by atoms with Crippen LogP contribution in [0.25, 0.3) is 0 Å². The molecule has 0 radical (unpaired) electrons. The fourth-order valence-electron chi connectivity index (χ4n) is 1.98. The summed E-state index contributed by atoms with van der Waals surface area (Å²) >= 11 is 0. The zero-order valence-corrected chi connectivity index (χ0v) is 9.94. The molecule has 18 heavy (non-hydrogen) atoms. The van der Waals surface area contributed by atoms with Gasteiger partial charge in [0, 0.05) is 6.04 Å². The van der Waals surface area contributed by atoms with Crippen LogP contribution in [0, 0.1) is 0 Å². The molecule has 9 N–H and O–H groups in total. The number of aliphatic hydroxyl groups is 4. The second kappa shape index (κ2) is 6.41. The monoisotopic (exact) mass is 263 g/mol. The average Bonchev–Trinajstić information content (AvgIpc) is 2.33. The van der Waals surface area contributed by atoms with Crippen molar-refractivity contribution >= 4 is 5.91 Å². The molecule has 0 saturated heterocycles. The summed E-state index contributed by atoms with van der Waals surface area (Å²) in [5, 5.41) is 40.5. The molecule has 0 aliphatic heterocycles. The third-order valence-corrected chi connectivity index (χ3v) is 3.15. The molecule has 1 saturated carbocycles. The number of hydrogen-bond donors (Lipinski definition) is 7. The number of nitrogens with two attached hydrogens (primary N) is 2. The van der Waals surface area contributed by atoms with Crippen molar-refractivity contribution in [2.24, 2.45) is 11.5 Å². The fourth-order valence-corrected chi connectivity index (χ4v) is 1.98. The Hall–Kier alpha value is -0.770. The zero-order chi connectivity index (χ0) is 13.9. The van der Waals surface area contributed by atoms with E-state index in [1.807, 2.05) is 0 Å². The highest BCUT2D eigenvalue weighted by atomic mass is 16.4. The van der Waals surface area contributed by atoms with Gasteiger partial charge in [0.2, 0.25) is 5.91 Å². The second-order valence-corrected chi connectivity index (χ2v) is 4.58. The maximum Gasteiger partial charge on any atom is 0.249 e. The Balaban J connectivity index is 2.58. The largest absolute Gasteiger partial charge is 0.389 e. The van der Waals surface area contributed by atoms with E-state index in [2.05, 4.69) is 5.32 Å². The van der Waals surface area contributed by atoms with Crippen molar-refractivity contribution in [2.45, 2.75) is 49.3 Å². The average molecular weight is 263 g/mol. The third-order valence-electron chi connectivity index (χ3n) is 3.15. The minimum atomic E-state index is -1.43. The van der Waals surface area contributed by atoms with E-state index in [0.29, 0.717) is 0 Å². The predicted molar refractivity (Wildman–Crippen MR) is 62.2 cm³/mol. The molecule has 0 spiro atoms. The molecule has 1 amide bonds. The Kier molecular flexibility index (Phi) is 5.45. The van der Waals surface area contributed by atoms with Gasteiger partial charge in [-0.3, -0.25) is 4.79 Å². The fraction of sp³-hybridized carbons (Fsp3) is 0.900. The first-order chi connectivity index (χ1) is 8.38. The number of hydrogen-bond acceptors (Lipinski definition) is 7. The molecular weight excluding hydrogens is 242 g/mol. The van der Waals surface area contributed by atoms with Crippen molar-refractivity contribution in [1.29, 1.82) is 0 Å². The number of nitrogens with one attached hydrogen (secondary N) is 1. The first kappa shape index (κ1) is 15.3. The van der Waals surface area contributed by atoms with E-state index in [1.54, 1.807) is 0 Å². The summed E-state index contributed by atoms with van der Waals surface area (Å²) in [4.78, 5) is 11.5. The second-order valence-electron chi connectivity index (χ2n) is 4.58. The van der Waals surface area contributed by atoms with Crippen molar-refractivity contribution in [3.05, 3.63) is 0 Å². The Bertz CT molecular complexity index is 291. The molecule has 0 bridgehead atoms. The summed E-state index contributed by atoms with van der Waals surface area (Å²) in [5.74, 6) is -0.680. The van der Waals surface area contributed by atoms with Crippen molar-refractivity contribution in [2.75, 3.05) is 6.54 Å². The lowest BCUT2D eigenvalue weighted by Gasteiger charge is -2.39. The molecule has 106 valence electrons. The first-order valence-corrected chi connectivity index (χ1v) is 5.86. The van der Waals surface area contributed by atoms with E-state index in [9.17, 15) is 25.2 Å². The molecule has 0 aromatic heterocycles. The number of carbonyl (C=O) groups excluding carboxylic acids is 1. The van der Waals surface area contributed by atoms with E-state index in [4.69, 9.17) is 11.5 Å². The first-order valence-electron chi connectivity index (χ1n) is 5.86. The van der Waals surface area contributed by atoms with Crippen molar-refractivity contribution in [3.63, 3.8) is 0 Å². The summed E-state index contributed by atoms with van der Waals surface area (Å²) in [6.45, 7) is 0.155. The molecule has 6 atom stereocenters. The van der Waals surface area contributed by atoms with Crippen LogP contribution in [0.1, 0.15) is 12.8 Å². The van der Waals surface area contributed by atoms with Gasteiger partial charge in [-0.25, -0.2) is 0 Å². The van der Waals surface area contributed by atoms with Crippen LogP contribution in [0.5, 0.6) is 0 Å². The molecule has 8 heteroatoms. The number of carbonyl (C=O) groups is 1. The molecule has 1 fully saturated rings. The van der Waals surface area contributed by atoms with Crippen LogP contribution < -0.4 is 16.8 Å². The van der Waals surface area contributed by atoms with E-state index in [1.165, 1.54) is 0 Å². The number of aliphatic hydroxyl groups excluding tert-OH is 4. The summed E-state index contributed by atoms with van der Waals surface area (Å²) < 4.78 is 0. The Morgan fingerprint density at radius 2 is 1.89 bits per heavy atom. The smallest absolute Gasteiger partial charge is 0.249 e. The van der Waals surface area contributed by atoms with E-state index >= 15 is 0 Å². The topological polar surface area (TPSA) is 162 Å². The maximum atomic E-state index is 11.5. The lowest BCUT2D eigenvalue weighted by Crippen LogP contribution is -2.63. The van der Waals surface area contributed by atoms with Gasteiger partial charge in [0.15, 0.2) is 0 Å². The highest BCUT2D eigenvalue weighted by molar-refractivity contribution is 5.80. The van der Waals surface area contributed by atoms with Crippen LogP contribution >= 0.6 is 0 Å². The SMILES string of the molecule is NCC[C@H](O)C(=O)N[C@H]1C[C@@H](N)[C@H](O)[C@@H](O)[C@@H]1O. The standard InChI is InChI=1S/C10H21N3O5/c11-2-1-6(14)10(18)13-5-3-4(12)7(15)9(17)8(5)16/h4-9,14-17H,1-3,11-12H2,(H,13,18)/t4-,5+,6+,7+,8-,9-/m1/s1. The third kappa shape index (κ3) is 3.37. The molecule has 1 aliphatic rings. The van der Waals surface area contributed by atoms with Crippen molar-refractivity contribution in [1.82, 2.24) is 5.32 Å². The van der Waals surface area contributed by atoms with Gasteiger partial charge in [-0.05, 0) is 19.4 Å². The summed E-state index contributed by atoms with van der Waals surface area (Å²) in [6, 6.07) is -1.56. The molecule has 1 aliphatic carbocycles. The number of amides is 1. The molecular formula is C10H21N3O5. The molecule has 8 nitrogen and oxygen atoms in total. The van der Waals surface area contributed by atoms with Crippen LogP contribution in [-0.2, 0) is 4.79 Å². The van der Waals surface area contributed by atoms with E-state index in [0.717, 1.165) is 0 Å². The Labute approximate surface area is 105 Å². The Morgan fingerprint density at radius 1 is 1.28 bits per heavy atom. The van der Waals surface area contributed by atoms with Gasteiger partial charge < -0.3 is 37.2 Å².